The Morgan fingerprint density at radius 3 is 2.80 bits per heavy atom. The molecule has 15 heavy (non-hydrogen) atoms. The van der Waals surface area contributed by atoms with E-state index in [1.54, 1.807) is 0 Å². The maximum atomic E-state index is 4.45. The summed E-state index contributed by atoms with van der Waals surface area (Å²) in [6.45, 7) is 4.16. The van der Waals surface area contributed by atoms with Crippen LogP contribution in [0.1, 0.15) is 50.2 Å². The summed E-state index contributed by atoms with van der Waals surface area (Å²) in [6.07, 6.45) is 6.80. The molecular formula is C12H21N3. The molecule has 0 aliphatic rings. The predicted molar refractivity (Wildman–Crippen MR) is 62.7 cm³/mol. The fraction of sp³-hybridized carbons (Fsp3) is 0.667. The van der Waals surface area contributed by atoms with E-state index < -0.39 is 0 Å². The molecule has 0 amide bonds. The quantitative estimate of drug-likeness (QED) is 0.729. The standard InChI is InChI=1S/C12H21N3/c1-4-5-6-7-11(13-3)12-8-9-14-10(2)15-12/h8-9,11,13H,4-7H2,1-3H3. The Morgan fingerprint density at radius 1 is 1.40 bits per heavy atom. The molecule has 0 aliphatic heterocycles. The summed E-state index contributed by atoms with van der Waals surface area (Å²) >= 11 is 0. The van der Waals surface area contributed by atoms with Crippen molar-refractivity contribution in [3.05, 3.63) is 23.8 Å². The molecule has 1 N–H and O–H groups in total. The maximum absolute atomic E-state index is 4.45. The summed E-state index contributed by atoms with van der Waals surface area (Å²) in [5, 5.41) is 3.31. The molecule has 1 unspecified atom stereocenters. The molecule has 0 radical (unpaired) electrons. The van der Waals surface area contributed by atoms with Crippen molar-refractivity contribution in [2.24, 2.45) is 0 Å². The van der Waals surface area contributed by atoms with Crippen molar-refractivity contribution in [1.82, 2.24) is 15.3 Å². The smallest absolute Gasteiger partial charge is 0.125 e. The van der Waals surface area contributed by atoms with Crippen molar-refractivity contribution >= 4 is 0 Å². The third kappa shape index (κ3) is 3.96. The highest BCUT2D eigenvalue weighted by atomic mass is 14.9. The molecule has 84 valence electrons. The summed E-state index contributed by atoms with van der Waals surface area (Å²) < 4.78 is 0. The number of rotatable bonds is 6. The van der Waals surface area contributed by atoms with Crippen LogP contribution < -0.4 is 5.32 Å². The first-order chi connectivity index (χ1) is 7.27. The Balaban J connectivity index is 2.57. The normalized spacial score (nSPS) is 12.7. The summed E-state index contributed by atoms with van der Waals surface area (Å²) in [4.78, 5) is 8.56. The van der Waals surface area contributed by atoms with Gasteiger partial charge in [0.05, 0.1) is 5.69 Å². The van der Waals surface area contributed by atoms with E-state index in [1.807, 2.05) is 26.2 Å². The van der Waals surface area contributed by atoms with Gasteiger partial charge in [-0.2, -0.15) is 0 Å². The maximum Gasteiger partial charge on any atom is 0.125 e. The Kier molecular flexibility index (Phi) is 5.26. The topological polar surface area (TPSA) is 37.8 Å². The Hall–Kier alpha value is -0.960. The zero-order valence-corrected chi connectivity index (χ0v) is 9.95. The highest BCUT2D eigenvalue weighted by molar-refractivity contribution is 5.06. The van der Waals surface area contributed by atoms with Gasteiger partial charge in [-0.05, 0) is 26.5 Å². The number of unbranched alkanes of at least 4 members (excludes halogenated alkanes) is 2. The zero-order chi connectivity index (χ0) is 11.1. The van der Waals surface area contributed by atoms with E-state index in [4.69, 9.17) is 0 Å². The van der Waals surface area contributed by atoms with E-state index in [0.717, 1.165) is 17.9 Å². The van der Waals surface area contributed by atoms with Crippen molar-refractivity contribution in [3.63, 3.8) is 0 Å². The van der Waals surface area contributed by atoms with Crippen molar-refractivity contribution in [2.45, 2.75) is 45.6 Å². The second-order valence-electron chi connectivity index (χ2n) is 3.87. The number of hydrogen-bond acceptors (Lipinski definition) is 3. The molecule has 0 fully saturated rings. The second-order valence-corrected chi connectivity index (χ2v) is 3.87. The lowest BCUT2D eigenvalue weighted by molar-refractivity contribution is 0.499. The molecule has 3 heteroatoms. The minimum absolute atomic E-state index is 0.373. The number of hydrogen-bond donors (Lipinski definition) is 1. The molecule has 0 aromatic carbocycles. The van der Waals surface area contributed by atoms with Crippen LogP contribution in [0.4, 0.5) is 0 Å². The average Bonchev–Trinajstić information content (AvgIpc) is 2.24. The largest absolute Gasteiger partial charge is 0.312 e. The van der Waals surface area contributed by atoms with Crippen LogP contribution >= 0.6 is 0 Å². The number of aryl methyl sites for hydroxylation is 1. The van der Waals surface area contributed by atoms with E-state index in [-0.39, 0.29) is 0 Å². The Morgan fingerprint density at radius 2 is 2.20 bits per heavy atom. The Labute approximate surface area is 92.3 Å². The third-order valence-electron chi connectivity index (χ3n) is 2.60. The SMILES string of the molecule is CCCCCC(NC)c1ccnc(C)n1. The summed E-state index contributed by atoms with van der Waals surface area (Å²) in [6, 6.07) is 2.37. The van der Waals surface area contributed by atoms with E-state index >= 15 is 0 Å². The van der Waals surface area contributed by atoms with Crippen molar-refractivity contribution < 1.29 is 0 Å². The number of nitrogens with one attached hydrogen (secondary N) is 1. The van der Waals surface area contributed by atoms with Crippen LogP contribution in [-0.2, 0) is 0 Å². The van der Waals surface area contributed by atoms with Gasteiger partial charge >= 0.3 is 0 Å². The zero-order valence-electron chi connectivity index (χ0n) is 9.95. The van der Waals surface area contributed by atoms with Crippen LogP contribution in [0.5, 0.6) is 0 Å². The molecule has 0 saturated carbocycles. The van der Waals surface area contributed by atoms with Crippen LogP contribution in [0.3, 0.4) is 0 Å². The van der Waals surface area contributed by atoms with Crippen molar-refractivity contribution in [1.29, 1.82) is 0 Å². The van der Waals surface area contributed by atoms with Gasteiger partial charge in [-0.25, -0.2) is 9.97 Å². The molecule has 1 aromatic rings. The lowest BCUT2D eigenvalue weighted by atomic mass is 10.1. The minimum atomic E-state index is 0.373. The molecule has 0 bridgehead atoms. The van der Waals surface area contributed by atoms with Gasteiger partial charge in [0.1, 0.15) is 5.82 Å². The monoisotopic (exact) mass is 207 g/mol. The molecular weight excluding hydrogens is 186 g/mol. The lowest BCUT2D eigenvalue weighted by Gasteiger charge is -2.15. The first-order valence-electron chi connectivity index (χ1n) is 5.74. The van der Waals surface area contributed by atoms with E-state index in [9.17, 15) is 0 Å². The minimum Gasteiger partial charge on any atom is -0.312 e. The molecule has 3 nitrogen and oxygen atoms in total. The summed E-state index contributed by atoms with van der Waals surface area (Å²) in [7, 11) is 1.99. The van der Waals surface area contributed by atoms with Gasteiger partial charge in [0.15, 0.2) is 0 Å². The fourth-order valence-corrected chi connectivity index (χ4v) is 1.71. The summed E-state index contributed by atoms with van der Waals surface area (Å²) in [5.41, 5.74) is 1.11. The number of aromatic nitrogens is 2. The van der Waals surface area contributed by atoms with Crippen molar-refractivity contribution in [2.75, 3.05) is 7.05 Å². The molecule has 1 aromatic heterocycles. The van der Waals surface area contributed by atoms with Gasteiger partial charge in [0, 0.05) is 12.2 Å². The van der Waals surface area contributed by atoms with Gasteiger partial charge in [-0.15, -0.1) is 0 Å². The van der Waals surface area contributed by atoms with Crippen molar-refractivity contribution in [3.8, 4) is 0 Å². The average molecular weight is 207 g/mol. The van der Waals surface area contributed by atoms with Crippen LogP contribution in [0, 0.1) is 6.92 Å². The molecule has 0 aliphatic carbocycles. The first kappa shape index (κ1) is 12.1. The molecule has 0 saturated heterocycles. The van der Waals surface area contributed by atoms with Crippen LogP contribution in [-0.4, -0.2) is 17.0 Å². The van der Waals surface area contributed by atoms with Gasteiger partial charge in [0.2, 0.25) is 0 Å². The molecule has 1 heterocycles. The number of nitrogens with zero attached hydrogens (tertiary/aromatic N) is 2. The Bertz CT molecular complexity index is 286. The van der Waals surface area contributed by atoms with Crippen LogP contribution in [0.25, 0.3) is 0 Å². The first-order valence-corrected chi connectivity index (χ1v) is 5.74. The highest BCUT2D eigenvalue weighted by Crippen LogP contribution is 2.17. The molecule has 1 atom stereocenters. The van der Waals surface area contributed by atoms with Gasteiger partial charge in [-0.1, -0.05) is 26.2 Å². The summed E-state index contributed by atoms with van der Waals surface area (Å²) in [5.74, 6) is 0.850. The third-order valence-corrected chi connectivity index (χ3v) is 2.60. The second kappa shape index (κ2) is 6.51. The van der Waals surface area contributed by atoms with E-state index in [2.05, 4.69) is 22.2 Å². The fourth-order valence-electron chi connectivity index (χ4n) is 1.71. The van der Waals surface area contributed by atoms with E-state index in [0.29, 0.717) is 6.04 Å². The lowest BCUT2D eigenvalue weighted by Crippen LogP contribution is -2.18. The van der Waals surface area contributed by atoms with Gasteiger partial charge < -0.3 is 5.32 Å². The van der Waals surface area contributed by atoms with Crippen LogP contribution in [0.2, 0.25) is 0 Å². The van der Waals surface area contributed by atoms with Gasteiger partial charge in [-0.3, -0.25) is 0 Å². The molecule has 0 spiro atoms. The predicted octanol–water partition coefficient (Wildman–Crippen LogP) is 2.63. The van der Waals surface area contributed by atoms with Crippen LogP contribution in [0.15, 0.2) is 12.3 Å². The van der Waals surface area contributed by atoms with Gasteiger partial charge in [0.25, 0.3) is 0 Å². The highest BCUT2D eigenvalue weighted by Gasteiger charge is 2.09. The van der Waals surface area contributed by atoms with E-state index in [1.165, 1.54) is 19.3 Å². The molecule has 1 rings (SSSR count).